The highest BCUT2D eigenvalue weighted by Gasteiger charge is 2.60. The van der Waals surface area contributed by atoms with Gasteiger partial charge in [0.15, 0.2) is 5.79 Å². The fraction of sp³-hybridized carbons (Fsp3) is 1.00. The van der Waals surface area contributed by atoms with E-state index in [0.717, 1.165) is 43.3 Å². The summed E-state index contributed by atoms with van der Waals surface area (Å²) in [5, 5.41) is 0. The third-order valence-electron chi connectivity index (χ3n) is 9.26. The van der Waals surface area contributed by atoms with E-state index >= 15 is 0 Å². The first-order chi connectivity index (χ1) is 11.0. The lowest BCUT2D eigenvalue weighted by atomic mass is 9.45. The lowest BCUT2D eigenvalue weighted by molar-refractivity contribution is -0.229. The predicted molar refractivity (Wildman–Crippen MR) is 91.0 cm³/mol. The molecule has 1 heterocycles. The number of hydrogen-bond donors (Lipinski definition) is 0. The van der Waals surface area contributed by atoms with E-state index in [-0.39, 0.29) is 5.79 Å². The molecule has 0 N–H and O–H groups in total. The Hall–Kier alpha value is -0.0800. The Kier molecular flexibility index (Phi) is 3.29. The molecule has 23 heavy (non-hydrogen) atoms. The van der Waals surface area contributed by atoms with Gasteiger partial charge in [0.05, 0.1) is 13.2 Å². The molecule has 130 valence electrons. The molecule has 2 nitrogen and oxygen atoms in total. The molecular formula is C21H34O2. The SMILES string of the molecule is C[C@]12CCC[C@@H]1[C@@H]1CC[C@H]3CC4(CC[C@@]3(C)[C@H]1CC2)OCCO4. The summed E-state index contributed by atoms with van der Waals surface area (Å²) in [6.07, 6.45) is 14.1. The van der Waals surface area contributed by atoms with Crippen molar-refractivity contribution in [3.63, 3.8) is 0 Å². The fourth-order valence-electron chi connectivity index (χ4n) is 7.95. The zero-order chi connectivity index (χ0) is 15.7. The van der Waals surface area contributed by atoms with Gasteiger partial charge < -0.3 is 9.47 Å². The van der Waals surface area contributed by atoms with Gasteiger partial charge in [-0.05, 0) is 79.4 Å². The number of rotatable bonds is 0. The van der Waals surface area contributed by atoms with Gasteiger partial charge in [0.2, 0.25) is 0 Å². The molecule has 5 fully saturated rings. The van der Waals surface area contributed by atoms with E-state index in [1.54, 1.807) is 0 Å². The van der Waals surface area contributed by atoms with Crippen molar-refractivity contribution in [1.82, 2.24) is 0 Å². The van der Waals surface area contributed by atoms with Gasteiger partial charge in [0.25, 0.3) is 0 Å². The third-order valence-corrected chi connectivity index (χ3v) is 9.26. The lowest BCUT2D eigenvalue weighted by Gasteiger charge is -2.61. The van der Waals surface area contributed by atoms with Crippen molar-refractivity contribution >= 4 is 0 Å². The van der Waals surface area contributed by atoms with Gasteiger partial charge in [-0.25, -0.2) is 0 Å². The van der Waals surface area contributed by atoms with Crippen LogP contribution in [-0.2, 0) is 9.47 Å². The van der Waals surface area contributed by atoms with E-state index in [1.807, 2.05) is 0 Å². The minimum atomic E-state index is -0.187. The van der Waals surface area contributed by atoms with Crippen molar-refractivity contribution in [2.24, 2.45) is 34.5 Å². The Morgan fingerprint density at radius 2 is 1.61 bits per heavy atom. The van der Waals surface area contributed by atoms with Gasteiger partial charge in [-0.2, -0.15) is 0 Å². The number of ether oxygens (including phenoxy) is 2. The van der Waals surface area contributed by atoms with Crippen LogP contribution in [0.4, 0.5) is 0 Å². The maximum absolute atomic E-state index is 6.07. The van der Waals surface area contributed by atoms with Crippen molar-refractivity contribution in [2.75, 3.05) is 13.2 Å². The highest BCUT2D eigenvalue weighted by Crippen LogP contribution is 2.67. The van der Waals surface area contributed by atoms with Crippen molar-refractivity contribution in [2.45, 2.75) is 83.8 Å². The lowest BCUT2D eigenvalue weighted by Crippen LogP contribution is -2.55. The van der Waals surface area contributed by atoms with Crippen molar-refractivity contribution < 1.29 is 9.47 Å². The Morgan fingerprint density at radius 1 is 0.783 bits per heavy atom. The summed E-state index contributed by atoms with van der Waals surface area (Å²) in [5.41, 5.74) is 1.26. The first-order valence-corrected chi connectivity index (χ1v) is 10.3. The minimum absolute atomic E-state index is 0.187. The average Bonchev–Trinajstić information content (AvgIpc) is 3.15. The van der Waals surface area contributed by atoms with E-state index in [1.165, 1.54) is 57.8 Å². The Morgan fingerprint density at radius 3 is 2.43 bits per heavy atom. The Labute approximate surface area is 141 Å². The standard InChI is InChI=1S/C21H34O2/c1-19-8-3-4-17(19)16-6-5-15-14-21(22-12-13-23-21)11-10-20(15,2)18(16)7-9-19/h15-18H,3-14H2,1-2H3/t15-,16-,17+,18-,19+,20+/m0/s1. The molecule has 0 aromatic carbocycles. The van der Waals surface area contributed by atoms with Crippen LogP contribution in [0.15, 0.2) is 0 Å². The van der Waals surface area contributed by atoms with Crippen LogP contribution >= 0.6 is 0 Å². The summed E-state index contributed by atoms with van der Waals surface area (Å²) in [6.45, 7) is 6.89. The summed E-state index contributed by atoms with van der Waals surface area (Å²) in [5.74, 6) is 3.69. The molecule has 0 aromatic heterocycles. The molecule has 4 aliphatic carbocycles. The minimum Gasteiger partial charge on any atom is -0.348 e. The highest BCUT2D eigenvalue weighted by atomic mass is 16.7. The van der Waals surface area contributed by atoms with Crippen molar-refractivity contribution in [3.8, 4) is 0 Å². The van der Waals surface area contributed by atoms with Crippen molar-refractivity contribution in [3.05, 3.63) is 0 Å². The van der Waals surface area contributed by atoms with Crippen LogP contribution in [0, 0.1) is 34.5 Å². The zero-order valence-electron chi connectivity index (χ0n) is 15.1. The monoisotopic (exact) mass is 318 g/mol. The van der Waals surface area contributed by atoms with E-state index in [9.17, 15) is 0 Å². The quantitative estimate of drug-likeness (QED) is 0.614. The molecule has 0 radical (unpaired) electrons. The highest BCUT2D eigenvalue weighted by molar-refractivity contribution is 5.08. The molecule has 0 aromatic rings. The summed E-state index contributed by atoms with van der Waals surface area (Å²) >= 11 is 0. The van der Waals surface area contributed by atoms with Crippen molar-refractivity contribution in [1.29, 1.82) is 0 Å². The van der Waals surface area contributed by atoms with E-state index in [4.69, 9.17) is 9.47 Å². The normalized spacial score (nSPS) is 54.5. The summed E-state index contributed by atoms with van der Waals surface area (Å²) < 4.78 is 12.1. The molecule has 1 aliphatic heterocycles. The van der Waals surface area contributed by atoms with Crippen LogP contribution in [0.5, 0.6) is 0 Å². The molecule has 1 saturated heterocycles. The second-order valence-electron chi connectivity index (χ2n) is 10.1. The molecule has 5 rings (SSSR count). The number of hydrogen-bond acceptors (Lipinski definition) is 2. The van der Waals surface area contributed by atoms with Crippen LogP contribution < -0.4 is 0 Å². The van der Waals surface area contributed by atoms with E-state index in [0.29, 0.717) is 10.8 Å². The van der Waals surface area contributed by atoms with Gasteiger partial charge in [0.1, 0.15) is 0 Å². The molecule has 2 heteroatoms. The second kappa shape index (κ2) is 4.97. The molecule has 6 atom stereocenters. The fourth-order valence-corrected chi connectivity index (χ4v) is 7.95. The first kappa shape index (κ1) is 15.2. The number of fused-ring (bicyclic) bond motifs is 5. The molecule has 1 spiro atoms. The van der Waals surface area contributed by atoms with Gasteiger partial charge in [-0.3, -0.25) is 0 Å². The molecule has 5 aliphatic rings. The Balaban J connectivity index is 1.41. The summed E-state index contributed by atoms with van der Waals surface area (Å²) in [6, 6.07) is 0. The molecule has 0 unspecified atom stereocenters. The molecule has 0 amide bonds. The largest absolute Gasteiger partial charge is 0.348 e. The maximum atomic E-state index is 6.07. The summed E-state index contributed by atoms with van der Waals surface area (Å²) in [7, 11) is 0. The van der Waals surface area contributed by atoms with Gasteiger partial charge in [-0.1, -0.05) is 20.3 Å². The third kappa shape index (κ3) is 2.06. The topological polar surface area (TPSA) is 18.5 Å². The maximum Gasteiger partial charge on any atom is 0.168 e. The van der Waals surface area contributed by atoms with Gasteiger partial charge in [-0.15, -0.1) is 0 Å². The predicted octanol–water partition coefficient (Wildman–Crippen LogP) is 5.16. The molecular weight excluding hydrogens is 284 g/mol. The van der Waals surface area contributed by atoms with Crippen LogP contribution in [0.1, 0.15) is 78.1 Å². The summed E-state index contributed by atoms with van der Waals surface area (Å²) in [4.78, 5) is 0. The second-order valence-corrected chi connectivity index (χ2v) is 10.1. The van der Waals surface area contributed by atoms with Crippen LogP contribution in [0.2, 0.25) is 0 Å². The zero-order valence-corrected chi connectivity index (χ0v) is 15.1. The van der Waals surface area contributed by atoms with Crippen LogP contribution in [0.3, 0.4) is 0 Å². The molecule has 0 bridgehead atoms. The average molecular weight is 319 g/mol. The first-order valence-electron chi connectivity index (χ1n) is 10.3. The van der Waals surface area contributed by atoms with Gasteiger partial charge in [0, 0.05) is 12.8 Å². The van der Waals surface area contributed by atoms with Gasteiger partial charge >= 0.3 is 0 Å². The van der Waals surface area contributed by atoms with E-state index < -0.39 is 0 Å². The van der Waals surface area contributed by atoms with Crippen LogP contribution in [0.25, 0.3) is 0 Å². The van der Waals surface area contributed by atoms with E-state index in [2.05, 4.69) is 13.8 Å². The smallest absolute Gasteiger partial charge is 0.168 e. The Bertz CT molecular complexity index is 482. The van der Waals surface area contributed by atoms with Crippen LogP contribution in [-0.4, -0.2) is 19.0 Å². The molecule has 4 saturated carbocycles.